The summed E-state index contributed by atoms with van der Waals surface area (Å²) in [6, 6.07) is 0. The standard InChI is InChI=1S/C24H39NO2/c1-21-9-8-19-17(18(21)5-6-20(21)26)7-10-22-15-23(19,22)11-12-24(27,16-22)25-13-3-2-4-14-25/h17-20,26-27H,2-16H2,1H3/t17-,18-,19-,20-,21-,22-,23-,24-/m0/s1. The minimum atomic E-state index is -0.500. The number of fused-ring (bicyclic) bond motifs is 3. The highest BCUT2D eigenvalue weighted by Gasteiger charge is 2.77. The van der Waals surface area contributed by atoms with Gasteiger partial charge in [-0.05, 0) is 111 Å². The molecule has 152 valence electrons. The molecule has 6 rings (SSSR count). The Morgan fingerprint density at radius 1 is 0.815 bits per heavy atom. The molecular formula is C24H39NO2. The molecule has 6 aliphatic rings. The third-order valence-electron chi connectivity index (χ3n) is 11.2. The Morgan fingerprint density at radius 2 is 1.63 bits per heavy atom. The van der Waals surface area contributed by atoms with Gasteiger partial charge in [-0.15, -0.1) is 0 Å². The SMILES string of the molecule is C[C@]12CC[C@H]3[C@@H](CC[C@]45C[C@](O)(N6CCCCC6)CC[C@]34C5)[C@@H]1CC[C@@H]2O. The van der Waals surface area contributed by atoms with E-state index in [0.717, 1.165) is 50.1 Å². The zero-order chi connectivity index (χ0) is 18.5. The fraction of sp³-hybridized carbons (Fsp3) is 1.00. The predicted octanol–water partition coefficient (Wildman–Crippen LogP) is 4.32. The second-order valence-corrected chi connectivity index (χ2v) is 11.9. The van der Waals surface area contributed by atoms with E-state index >= 15 is 0 Å². The molecule has 27 heavy (non-hydrogen) atoms. The number of aliphatic hydroxyl groups excluding tert-OH is 1. The molecule has 0 unspecified atom stereocenters. The Labute approximate surface area is 164 Å². The summed E-state index contributed by atoms with van der Waals surface area (Å²) < 4.78 is 0. The number of aliphatic hydroxyl groups is 2. The lowest BCUT2D eigenvalue weighted by Gasteiger charge is -2.57. The van der Waals surface area contributed by atoms with E-state index in [-0.39, 0.29) is 11.5 Å². The minimum absolute atomic E-state index is 0.0533. The van der Waals surface area contributed by atoms with Crippen LogP contribution in [0.15, 0.2) is 0 Å². The van der Waals surface area contributed by atoms with Crippen LogP contribution in [0, 0.1) is 34.0 Å². The van der Waals surface area contributed by atoms with Gasteiger partial charge in [0.15, 0.2) is 0 Å². The van der Waals surface area contributed by atoms with Crippen LogP contribution >= 0.6 is 0 Å². The van der Waals surface area contributed by atoms with E-state index in [1.54, 1.807) is 0 Å². The molecule has 0 aromatic carbocycles. The Morgan fingerprint density at radius 3 is 2.44 bits per heavy atom. The Balaban J connectivity index is 1.25. The molecule has 8 atom stereocenters. The van der Waals surface area contributed by atoms with Gasteiger partial charge in [-0.25, -0.2) is 0 Å². The van der Waals surface area contributed by atoms with Gasteiger partial charge in [-0.2, -0.15) is 0 Å². The maximum Gasteiger partial charge on any atom is 0.119 e. The summed E-state index contributed by atoms with van der Waals surface area (Å²) in [5, 5.41) is 22.3. The van der Waals surface area contributed by atoms with Crippen LogP contribution in [0.4, 0.5) is 0 Å². The van der Waals surface area contributed by atoms with Gasteiger partial charge in [0.1, 0.15) is 5.72 Å². The number of nitrogens with zero attached hydrogens (tertiary/aromatic N) is 1. The number of likely N-dealkylation sites (tertiary alicyclic amines) is 1. The third-order valence-corrected chi connectivity index (χ3v) is 11.2. The monoisotopic (exact) mass is 373 g/mol. The highest BCUT2D eigenvalue weighted by molar-refractivity contribution is 5.26. The van der Waals surface area contributed by atoms with Gasteiger partial charge < -0.3 is 10.2 Å². The van der Waals surface area contributed by atoms with Crippen LogP contribution in [0.5, 0.6) is 0 Å². The Kier molecular flexibility index (Phi) is 3.62. The molecule has 1 heterocycles. The molecule has 1 saturated heterocycles. The molecule has 0 aromatic rings. The van der Waals surface area contributed by atoms with E-state index in [1.807, 2.05) is 0 Å². The maximum atomic E-state index is 11.6. The molecule has 0 bridgehead atoms. The summed E-state index contributed by atoms with van der Waals surface area (Å²) in [6.45, 7) is 4.63. The summed E-state index contributed by atoms with van der Waals surface area (Å²) in [7, 11) is 0. The van der Waals surface area contributed by atoms with E-state index in [4.69, 9.17) is 0 Å². The molecule has 3 heteroatoms. The van der Waals surface area contributed by atoms with Crippen molar-refractivity contribution in [3.05, 3.63) is 0 Å². The zero-order valence-electron chi connectivity index (χ0n) is 17.3. The van der Waals surface area contributed by atoms with Crippen molar-refractivity contribution in [3.8, 4) is 0 Å². The van der Waals surface area contributed by atoms with Crippen LogP contribution in [-0.4, -0.2) is 40.0 Å². The van der Waals surface area contributed by atoms with Gasteiger partial charge in [0, 0.05) is 13.1 Å². The second kappa shape index (κ2) is 5.52. The molecule has 5 saturated carbocycles. The molecule has 6 fully saturated rings. The summed E-state index contributed by atoms with van der Waals surface area (Å²) in [5.74, 6) is 2.51. The first-order valence-corrected chi connectivity index (χ1v) is 12.1. The number of rotatable bonds is 1. The van der Waals surface area contributed by atoms with Gasteiger partial charge in [0.05, 0.1) is 6.10 Å². The van der Waals surface area contributed by atoms with Gasteiger partial charge in [0.25, 0.3) is 0 Å². The fourth-order valence-electron chi connectivity index (χ4n) is 9.71. The molecule has 0 spiro atoms. The highest BCUT2D eigenvalue weighted by Crippen LogP contribution is 2.83. The van der Waals surface area contributed by atoms with Crippen LogP contribution in [0.2, 0.25) is 0 Å². The van der Waals surface area contributed by atoms with Crippen LogP contribution in [0.3, 0.4) is 0 Å². The molecular weight excluding hydrogens is 334 g/mol. The molecule has 3 nitrogen and oxygen atoms in total. The van der Waals surface area contributed by atoms with Crippen LogP contribution < -0.4 is 0 Å². The summed E-state index contributed by atoms with van der Waals surface area (Å²) in [4.78, 5) is 2.46. The highest BCUT2D eigenvalue weighted by atomic mass is 16.3. The first-order chi connectivity index (χ1) is 12.9. The van der Waals surface area contributed by atoms with Crippen molar-refractivity contribution in [3.63, 3.8) is 0 Å². The summed E-state index contributed by atoms with van der Waals surface area (Å²) in [6.07, 6.45) is 16.2. The van der Waals surface area contributed by atoms with E-state index in [0.29, 0.717) is 10.8 Å². The quantitative estimate of drug-likeness (QED) is 0.719. The molecule has 0 aromatic heterocycles. The van der Waals surface area contributed by atoms with Crippen molar-refractivity contribution in [1.82, 2.24) is 4.90 Å². The van der Waals surface area contributed by atoms with Crippen LogP contribution in [0.25, 0.3) is 0 Å². The lowest BCUT2D eigenvalue weighted by Crippen LogP contribution is -2.57. The maximum absolute atomic E-state index is 11.6. The van der Waals surface area contributed by atoms with Crippen LogP contribution in [-0.2, 0) is 0 Å². The topological polar surface area (TPSA) is 43.7 Å². The number of piperidine rings is 1. The van der Waals surface area contributed by atoms with E-state index in [9.17, 15) is 10.2 Å². The van der Waals surface area contributed by atoms with Crippen molar-refractivity contribution in [2.45, 2.75) is 102 Å². The first kappa shape index (κ1) is 17.7. The number of hydrogen-bond donors (Lipinski definition) is 2. The van der Waals surface area contributed by atoms with Crippen molar-refractivity contribution in [2.75, 3.05) is 13.1 Å². The first-order valence-electron chi connectivity index (χ1n) is 12.1. The van der Waals surface area contributed by atoms with Gasteiger partial charge in [-0.1, -0.05) is 13.3 Å². The van der Waals surface area contributed by atoms with Crippen molar-refractivity contribution in [1.29, 1.82) is 0 Å². The fourth-order valence-corrected chi connectivity index (χ4v) is 9.71. The normalized spacial score (nSPS) is 60.1. The lowest BCUT2D eigenvalue weighted by molar-refractivity contribution is -0.179. The van der Waals surface area contributed by atoms with E-state index in [1.165, 1.54) is 64.2 Å². The summed E-state index contributed by atoms with van der Waals surface area (Å²) in [5.41, 5.74) is 0.728. The molecule has 0 radical (unpaired) electrons. The van der Waals surface area contributed by atoms with Crippen molar-refractivity contribution in [2.24, 2.45) is 34.0 Å². The van der Waals surface area contributed by atoms with E-state index < -0.39 is 5.72 Å². The van der Waals surface area contributed by atoms with Crippen molar-refractivity contribution >= 4 is 0 Å². The Bertz CT molecular complexity index is 632. The lowest BCUT2D eigenvalue weighted by atomic mass is 9.50. The molecule has 1 aliphatic heterocycles. The largest absolute Gasteiger partial charge is 0.393 e. The summed E-state index contributed by atoms with van der Waals surface area (Å²) >= 11 is 0. The van der Waals surface area contributed by atoms with Crippen molar-refractivity contribution < 1.29 is 10.2 Å². The zero-order valence-corrected chi connectivity index (χ0v) is 17.3. The third kappa shape index (κ3) is 2.15. The Hall–Kier alpha value is -0.120. The minimum Gasteiger partial charge on any atom is -0.393 e. The van der Waals surface area contributed by atoms with Gasteiger partial charge >= 0.3 is 0 Å². The molecule has 2 N–H and O–H groups in total. The smallest absolute Gasteiger partial charge is 0.119 e. The second-order valence-electron chi connectivity index (χ2n) is 11.9. The molecule has 0 amide bonds. The number of hydrogen-bond acceptors (Lipinski definition) is 3. The average Bonchev–Trinajstić information content (AvgIpc) is 3.27. The van der Waals surface area contributed by atoms with E-state index in [2.05, 4.69) is 11.8 Å². The predicted molar refractivity (Wildman–Crippen MR) is 106 cm³/mol. The van der Waals surface area contributed by atoms with Gasteiger partial charge in [0.2, 0.25) is 0 Å². The molecule has 5 aliphatic carbocycles. The van der Waals surface area contributed by atoms with Crippen LogP contribution in [0.1, 0.15) is 90.4 Å². The average molecular weight is 374 g/mol. The van der Waals surface area contributed by atoms with Gasteiger partial charge in [-0.3, -0.25) is 4.90 Å².